The predicted octanol–water partition coefficient (Wildman–Crippen LogP) is 8.96. The van der Waals surface area contributed by atoms with E-state index in [-0.39, 0.29) is 22.4 Å². The van der Waals surface area contributed by atoms with Crippen LogP contribution >= 0.6 is 34.0 Å². The van der Waals surface area contributed by atoms with Gasteiger partial charge in [-0.2, -0.15) is 10.5 Å². The lowest BCUT2D eigenvalue weighted by Gasteiger charge is -2.37. The van der Waals surface area contributed by atoms with Gasteiger partial charge in [-0.1, -0.05) is 61.4 Å². The van der Waals surface area contributed by atoms with Crippen LogP contribution in [-0.2, 0) is 10.8 Å². The van der Waals surface area contributed by atoms with E-state index in [0.29, 0.717) is 0 Å². The monoisotopic (exact) mass is 562 g/mol. The van der Waals surface area contributed by atoms with E-state index < -0.39 is 0 Å². The van der Waals surface area contributed by atoms with Crippen LogP contribution in [0.5, 0.6) is 0 Å². The van der Waals surface area contributed by atoms with Crippen LogP contribution in [0.4, 0.5) is 10.0 Å². The van der Waals surface area contributed by atoms with Gasteiger partial charge in [0, 0.05) is 31.4 Å². The molecule has 0 amide bonds. The van der Waals surface area contributed by atoms with Crippen LogP contribution in [0.25, 0.3) is 25.4 Å². The van der Waals surface area contributed by atoms with E-state index in [4.69, 9.17) is 6.57 Å². The second-order valence-electron chi connectivity index (χ2n) is 10.8. The molecule has 3 aromatic rings. The molecule has 0 saturated heterocycles. The van der Waals surface area contributed by atoms with Crippen LogP contribution in [0.2, 0.25) is 0 Å². The summed E-state index contributed by atoms with van der Waals surface area (Å²) in [5, 5.41) is 29.4. The average Bonchev–Trinajstić information content (AvgIpc) is 3.73. The molecule has 3 aromatic heterocycles. The van der Waals surface area contributed by atoms with Gasteiger partial charge in [0.15, 0.2) is 0 Å². The predicted molar refractivity (Wildman–Crippen MR) is 158 cm³/mol. The van der Waals surface area contributed by atoms with Gasteiger partial charge >= 0.3 is 5.84 Å². The first-order valence-corrected chi connectivity index (χ1v) is 15.8. The Labute approximate surface area is 238 Å². The van der Waals surface area contributed by atoms with Gasteiger partial charge < -0.3 is 4.85 Å². The summed E-state index contributed by atoms with van der Waals surface area (Å²) in [7, 11) is 0. The van der Waals surface area contributed by atoms with Crippen molar-refractivity contribution in [3.05, 3.63) is 44.4 Å². The molecule has 7 rings (SSSR count). The second kappa shape index (κ2) is 8.97. The standard InChI is InChI=1S/C30H22N6S3/c1-34-20(16-33)36-21-12-18-26(38-21)23-24(29(18)8-4-2-5-9-29)28-25(30(23)10-6-3-7-11-30)27-19(37-28)13-22(39-27)35-17(14-31)15-32/h12-13H,2-11H2/b36-20+. The van der Waals surface area contributed by atoms with Gasteiger partial charge in [0.05, 0.1) is 4.70 Å². The van der Waals surface area contributed by atoms with Crippen LogP contribution in [0.3, 0.4) is 0 Å². The van der Waals surface area contributed by atoms with Gasteiger partial charge in [-0.3, -0.25) is 0 Å². The Morgan fingerprint density at radius 1 is 0.769 bits per heavy atom. The fourth-order valence-electron chi connectivity index (χ4n) is 7.61. The van der Waals surface area contributed by atoms with Crippen molar-refractivity contribution >= 4 is 76.1 Å². The molecule has 190 valence electrons. The van der Waals surface area contributed by atoms with Crippen molar-refractivity contribution in [2.45, 2.75) is 75.0 Å². The third-order valence-corrected chi connectivity index (χ3v) is 12.4. The molecule has 4 aliphatic carbocycles. The molecule has 0 unspecified atom stereocenters. The number of nitrogens with zero attached hydrogens (tertiary/aromatic N) is 6. The number of rotatable bonds is 2. The van der Waals surface area contributed by atoms with Crippen molar-refractivity contribution in [3.8, 4) is 18.2 Å². The minimum Gasteiger partial charge on any atom is -0.351 e. The molecule has 0 radical (unpaired) electrons. The highest BCUT2D eigenvalue weighted by Crippen LogP contribution is 2.73. The summed E-state index contributed by atoms with van der Waals surface area (Å²) < 4.78 is 2.47. The Kier molecular flexibility index (Phi) is 5.62. The Hall–Kier alpha value is -3.60. The van der Waals surface area contributed by atoms with Crippen LogP contribution in [0.1, 0.15) is 85.1 Å². The van der Waals surface area contributed by atoms with Gasteiger partial charge in [0.1, 0.15) is 23.2 Å². The molecular weight excluding hydrogens is 541 g/mol. The second-order valence-corrected chi connectivity index (χ2v) is 13.9. The molecule has 6 nitrogen and oxygen atoms in total. The Morgan fingerprint density at radius 3 is 2.05 bits per heavy atom. The SMILES string of the molecule is [C-]#[N+]/C(C#N)=N/c1cc2c(s1)C1=C(c3sc4cc(N=C(C#N)C#N)sc4c3C13CCCCC3)C21CCCCC1. The topological polar surface area (TPSA) is 100 Å². The number of aliphatic imine (C=N–C) groups is 2. The highest BCUT2D eigenvalue weighted by Gasteiger charge is 2.59. The van der Waals surface area contributed by atoms with E-state index in [1.54, 1.807) is 28.2 Å². The maximum absolute atomic E-state index is 9.36. The summed E-state index contributed by atoms with van der Waals surface area (Å²) in [6.45, 7) is 7.33. The summed E-state index contributed by atoms with van der Waals surface area (Å²) in [4.78, 5) is 14.9. The molecule has 39 heavy (non-hydrogen) atoms. The first-order valence-electron chi connectivity index (χ1n) is 13.3. The zero-order valence-electron chi connectivity index (χ0n) is 21.1. The third kappa shape index (κ3) is 3.31. The van der Waals surface area contributed by atoms with Gasteiger partial charge in [-0.25, -0.2) is 10.3 Å². The molecule has 2 fully saturated rings. The van der Waals surface area contributed by atoms with Crippen LogP contribution in [-0.4, -0.2) is 11.5 Å². The fourth-order valence-corrected chi connectivity index (χ4v) is 11.7. The van der Waals surface area contributed by atoms with Crippen LogP contribution in [0, 0.1) is 40.6 Å². The molecule has 9 heteroatoms. The summed E-state index contributed by atoms with van der Waals surface area (Å²) in [5.41, 5.74) is 5.70. The zero-order chi connectivity index (χ0) is 26.8. The van der Waals surface area contributed by atoms with Crippen molar-refractivity contribution in [2.75, 3.05) is 0 Å². The fraction of sp³-hybridized carbons (Fsp3) is 0.400. The zero-order valence-corrected chi connectivity index (χ0v) is 23.6. The minimum absolute atomic E-state index is 0.0312. The van der Waals surface area contributed by atoms with Gasteiger partial charge in [0.2, 0.25) is 10.7 Å². The number of fused-ring (bicyclic) bond motifs is 10. The first kappa shape index (κ1) is 24.4. The van der Waals surface area contributed by atoms with Crippen LogP contribution < -0.4 is 0 Å². The van der Waals surface area contributed by atoms with Gasteiger partial charge in [-0.15, -0.1) is 22.7 Å². The largest absolute Gasteiger partial charge is 0.351 e. The van der Waals surface area contributed by atoms with Crippen molar-refractivity contribution in [3.63, 3.8) is 0 Å². The van der Waals surface area contributed by atoms with E-state index >= 15 is 0 Å². The normalized spacial score (nSPS) is 20.2. The molecule has 0 atom stereocenters. The van der Waals surface area contributed by atoms with E-state index in [1.165, 1.54) is 74.4 Å². The summed E-state index contributed by atoms with van der Waals surface area (Å²) in [6, 6.07) is 9.98. The van der Waals surface area contributed by atoms with Gasteiger partial charge in [-0.05, 0) is 54.0 Å². The van der Waals surface area contributed by atoms with E-state index in [1.807, 2.05) is 29.5 Å². The number of thiophene rings is 3. The number of hydrogen-bond donors (Lipinski definition) is 0. The lowest BCUT2D eigenvalue weighted by atomic mass is 9.67. The molecule has 2 saturated carbocycles. The summed E-state index contributed by atoms with van der Waals surface area (Å²) in [6.07, 6.45) is 11.7. The van der Waals surface area contributed by atoms with Crippen molar-refractivity contribution in [2.24, 2.45) is 9.98 Å². The highest BCUT2D eigenvalue weighted by molar-refractivity contribution is 7.30. The minimum atomic E-state index is -0.109. The van der Waals surface area contributed by atoms with Crippen molar-refractivity contribution in [1.82, 2.24) is 0 Å². The Morgan fingerprint density at radius 2 is 1.41 bits per heavy atom. The van der Waals surface area contributed by atoms with Crippen molar-refractivity contribution < 1.29 is 0 Å². The molecule has 0 bridgehead atoms. The van der Waals surface area contributed by atoms with Crippen molar-refractivity contribution in [1.29, 1.82) is 15.8 Å². The molecular formula is C30H22N6S3. The summed E-state index contributed by atoms with van der Waals surface area (Å²) >= 11 is 5.15. The third-order valence-electron chi connectivity index (χ3n) is 9.00. The number of amidine groups is 1. The van der Waals surface area contributed by atoms with Crippen LogP contribution in [0.15, 0.2) is 22.1 Å². The molecule has 2 spiro atoms. The summed E-state index contributed by atoms with van der Waals surface area (Å²) in [5.74, 6) is -0.109. The van der Waals surface area contributed by atoms with E-state index in [0.717, 1.165) is 35.7 Å². The Balaban J connectivity index is 1.49. The number of nitriles is 3. The maximum atomic E-state index is 9.36. The molecule has 3 heterocycles. The number of hydrogen-bond acceptors (Lipinski definition) is 8. The average molecular weight is 563 g/mol. The number of allylic oxidation sites excluding steroid dienone is 2. The smallest absolute Gasteiger partial charge is 0.350 e. The Bertz CT molecular complexity index is 1790. The highest BCUT2D eigenvalue weighted by atomic mass is 32.1. The molecule has 0 N–H and O–H groups in total. The quantitative estimate of drug-likeness (QED) is 0.177. The van der Waals surface area contributed by atoms with Gasteiger partial charge in [0.25, 0.3) is 0 Å². The molecule has 0 aromatic carbocycles. The maximum Gasteiger partial charge on any atom is 0.350 e. The first-order chi connectivity index (χ1) is 19.1. The van der Waals surface area contributed by atoms with E-state index in [2.05, 4.69) is 27.0 Å². The lowest BCUT2D eigenvalue weighted by molar-refractivity contribution is 0.374. The molecule has 0 aliphatic heterocycles. The lowest BCUT2D eigenvalue weighted by Crippen LogP contribution is -2.28. The van der Waals surface area contributed by atoms with E-state index in [9.17, 15) is 15.8 Å². The molecule has 4 aliphatic rings.